The quantitative estimate of drug-likeness (QED) is 0.760. The van der Waals surface area contributed by atoms with E-state index < -0.39 is 5.82 Å². The maximum absolute atomic E-state index is 13.3. The van der Waals surface area contributed by atoms with Crippen molar-refractivity contribution in [1.29, 1.82) is 0 Å². The summed E-state index contributed by atoms with van der Waals surface area (Å²) < 4.78 is 13.3. The lowest BCUT2D eigenvalue weighted by Gasteiger charge is -2.15. The molecule has 100 valence electrons. The Bertz CT molecular complexity index is 401. The van der Waals surface area contributed by atoms with E-state index in [0.29, 0.717) is 5.69 Å². The molecule has 0 radical (unpaired) electrons. The standard InChI is InChI=1S/C14H21FN2O/c1-3-5-10(6-4-2)14(18)17-11-7-8-13(16)12(15)9-11/h7-10H,3-6,16H2,1-2H3,(H,17,18). The van der Waals surface area contributed by atoms with Crippen molar-refractivity contribution in [3.05, 3.63) is 24.0 Å². The monoisotopic (exact) mass is 252 g/mol. The zero-order valence-corrected chi connectivity index (χ0v) is 11.0. The van der Waals surface area contributed by atoms with Crippen LogP contribution in [-0.4, -0.2) is 5.91 Å². The lowest BCUT2D eigenvalue weighted by atomic mass is 9.97. The van der Waals surface area contributed by atoms with Gasteiger partial charge in [0.05, 0.1) is 5.69 Å². The van der Waals surface area contributed by atoms with Gasteiger partial charge in [-0.25, -0.2) is 4.39 Å². The normalized spacial score (nSPS) is 10.7. The van der Waals surface area contributed by atoms with Crippen LogP contribution >= 0.6 is 0 Å². The van der Waals surface area contributed by atoms with E-state index >= 15 is 0 Å². The molecule has 0 saturated carbocycles. The molecule has 0 saturated heterocycles. The maximum atomic E-state index is 13.3. The van der Waals surface area contributed by atoms with Crippen molar-refractivity contribution in [2.75, 3.05) is 11.1 Å². The van der Waals surface area contributed by atoms with E-state index in [1.807, 2.05) is 0 Å². The minimum absolute atomic E-state index is 0.000569. The molecule has 0 unspecified atom stereocenters. The van der Waals surface area contributed by atoms with E-state index in [1.54, 1.807) is 6.07 Å². The van der Waals surface area contributed by atoms with Crippen LogP contribution in [0.4, 0.5) is 15.8 Å². The summed E-state index contributed by atoms with van der Waals surface area (Å²) in [5, 5.41) is 2.75. The van der Waals surface area contributed by atoms with E-state index in [0.717, 1.165) is 25.7 Å². The van der Waals surface area contributed by atoms with Gasteiger partial charge in [-0.15, -0.1) is 0 Å². The van der Waals surface area contributed by atoms with E-state index in [2.05, 4.69) is 19.2 Å². The van der Waals surface area contributed by atoms with Gasteiger partial charge >= 0.3 is 0 Å². The minimum atomic E-state index is -0.504. The number of rotatable bonds is 6. The third-order valence-corrected chi connectivity index (χ3v) is 2.91. The van der Waals surface area contributed by atoms with Crippen molar-refractivity contribution >= 4 is 17.3 Å². The first kappa shape index (κ1) is 14.5. The molecule has 1 amide bonds. The van der Waals surface area contributed by atoms with Gasteiger partial charge in [-0.1, -0.05) is 26.7 Å². The molecule has 0 spiro atoms. The van der Waals surface area contributed by atoms with Crippen LogP contribution in [0.5, 0.6) is 0 Å². The molecule has 0 aliphatic heterocycles. The van der Waals surface area contributed by atoms with Gasteiger partial charge in [0, 0.05) is 11.6 Å². The largest absolute Gasteiger partial charge is 0.396 e. The van der Waals surface area contributed by atoms with Gasteiger partial charge in [0.15, 0.2) is 0 Å². The van der Waals surface area contributed by atoms with Gasteiger partial charge in [0.2, 0.25) is 5.91 Å². The molecule has 1 rings (SSSR count). The van der Waals surface area contributed by atoms with Gasteiger partial charge in [-0.05, 0) is 31.0 Å². The number of carbonyl (C=O) groups is 1. The summed E-state index contributed by atoms with van der Waals surface area (Å²) in [6.45, 7) is 4.11. The Morgan fingerprint density at radius 1 is 1.33 bits per heavy atom. The van der Waals surface area contributed by atoms with Crippen LogP contribution in [0.2, 0.25) is 0 Å². The maximum Gasteiger partial charge on any atom is 0.227 e. The highest BCUT2D eigenvalue weighted by molar-refractivity contribution is 5.92. The Balaban J connectivity index is 2.69. The van der Waals surface area contributed by atoms with Crippen molar-refractivity contribution < 1.29 is 9.18 Å². The number of nitrogens with one attached hydrogen (secondary N) is 1. The van der Waals surface area contributed by atoms with E-state index in [-0.39, 0.29) is 17.5 Å². The second-order valence-electron chi connectivity index (χ2n) is 4.50. The van der Waals surface area contributed by atoms with Crippen LogP contribution in [0.1, 0.15) is 39.5 Å². The summed E-state index contributed by atoms with van der Waals surface area (Å²) in [5.74, 6) is -0.543. The van der Waals surface area contributed by atoms with Gasteiger partial charge in [-0.2, -0.15) is 0 Å². The Morgan fingerprint density at radius 2 is 1.94 bits per heavy atom. The Morgan fingerprint density at radius 3 is 2.44 bits per heavy atom. The van der Waals surface area contributed by atoms with Crippen LogP contribution in [0.15, 0.2) is 18.2 Å². The zero-order chi connectivity index (χ0) is 13.5. The Hall–Kier alpha value is -1.58. The highest BCUT2D eigenvalue weighted by atomic mass is 19.1. The fourth-order valence-electron chi connectivity index (χ4n) is 1.95. The van der Waals surface area contributed by atoms with Crippen LogP contribution in [0, 0.1) is 11.7 Å². The highest BCUT2D eigenvalue weighted by Gasteiger charge is 2.16. The SMILES string of the molecule is CCCC(CCC)C(=O)Nc1ccc(N)c(F)c1. The summed E-state index contributed by atoms with van der Waals surface area (Å²) in [6, 6.07) is 4.33. The first-order valence-corrected chi connectivity index (χ1v) is 6.44. The highest BCUT2D eigenvalue weighted by Crippen LogP contribution is 2.19. The fraction of sp³-hybridized carbons (Fsp3) is 0.500. The molecule has 0 aliphatic rings. The molecule has 0 aliphatic carbocycles. The van der Waals surface area contributed by atoms with Crippen LogP contribution in [0.3, 0.4) is 0 Å². The van der Waals surface area contributed by atoms with Gasteiger partial charge in [0.25, 0.3) is 0 Å². The lowest BCUT2D eigenvalue weighted by molar-refractivity contribution is -0.120. The first-order chi connectivity index (χ1) is 8.58. The molecule has 1 aromatic rings. The first-order valence-electron chi connectivity index (χ1n) is 6.44. The van der Waals surface area contributed by atoms with Crippen molar-refractivity contribution in [3.8, 4) is 0 Å². The second-order valence-corrected chi connectivity index (χ2v) is 4.50. The van der Waals surface area contributed by atoms with Crippen molar-refractivity contribution in [2.24, 2.45) is 5.92 Å². The molecular formula is C14H21FN2O. The molecule has 3 nitrogen and oxygen atoms in total. The topological polar surface area (TPSA) is 55.1 Å². The summed E-state index contributed by atoms with van der Waals surface area (Å²) in [4.78, 5) is 12.0. The van der Waals surface area contributed by atoms with Crippen molar-refractivity contribution in [1.82, 2.24) is 0 Å². The number of halogens is 1. The molecule has 18 heavy (non-hydrogen) atoms. The van der Waals surface area contributed by atoms with Gasteiger partial charge in [0.1, 0.15) is 5.82 Å². The lowest BCUT2D eigenvalue weighted by Crippen LogP contribution is -2.22. The molecule has 3 N–H and O–H groups in total. The van der Waals surface area contributed by atoms with Gasteiger partial charge in [-0.3, -0.25) is 4.79 Å². The number of amides is 1. The summed E-state index contributed by atoms with van der Waals surface area (Å²) >= 11 is 0. The summed E-state index contributed by atoms with van der Waals surface area (Å²) in [6.07, 6.45) is 3.65. The Kier molecular flexibility index (Phi) is 5.62. The summed E-state index contributed by atoms with van der Waals surface area (Å²) in [5.41, 5.74) is 5.94. The smallest absolute Gasteiger partial charge is 0.227 e. The average Bonchev–Trinajstić information content (AvgIpc) is 2.33. The summed E-state index contributed by atoms with van der Waals surface area (Å²) in [7, 11) is 0. The Labute approximate surface area is 108 Å². The third-order valence-electron chi connectivity index (χ3n) is 2.91. The molecule has 0 atom stereocenters. The third kappa shape index (κ3) is 4.02. The van der Waals surface area contributed by atoms with Gasteiger partial charge < -0.3 is 11.1 Å². The fourth-order valence-corrected chi connectivity index (χ4v) is 1.95. The predicted molar refractivity (Wildman–Crippen MR) is 72.7 cm³/mol. The molecule has 0 heterocycles. The number of benzene rings is 1. The number of hydrogen-bond acceptors (Lipinski definition) is 2. The van der Waals surface area contributed by atoms with E-state index in [1.165, 1.54) is 12.1 Å². The number of hydrogen-bond donors (Lipinski definition) is 2. The molecule has 0 fully saturated rings. The minimum Gasteiger partial charge on any atom is -0.396 e. The molecule has 1 aromatic carbocycles. The van der Waals surface area contributed by atoms with Crippen molar-refractivity contribution in [2.45, 2.75) is 39.5 Å². The van der Waals surface area contributed by atoms with Crippen LogP contribution in [0.25, 0.3) is 0 Å². The number of carbonyl (C=O) groups excluding carboxylic acids is 1. The van der Waals surface area contributed by atoms with Crippen LogP contribution < -0.4 is 11.1 Å². The van der Waals surface area contributed by atoms with Crippen molar-refractivity contribution in [3.63, 3.8) is 0 Å². The molecule has 0 aromatic heterocycles. The van der Waals surface area contributed by atoms with E-state index in [9.17, 15) is 9.18 Å². The predicted octanol–water partition coefficient (Wildman–Crippen LogP) is 3.56. The molecule has 4 heteroatoms. The van der Waals surface area contributed by atoms with E-state index in [4.69, 9.17) is 5.73 Å². The average molecular weight is 252 g/mol. The van der Waals surface area contributed by atoms with Crippen LogP contribution in [-0.2, 0) is 4.79 Å². The molecular weight excluding hydrogens is 231 g/mol. The zero-order valence-electron chi connectivity index (χ0n) is 11.0. The second kappa shape index (κ2) is 6.99. The number of nitrogens with two attached hydrogens (primary N) is 1. The number of nitrogen functional groups attached to an aromatic ring is 1. The molecule has 0 bridgehead atoms. The number of anilines is 2.